The van der Waals surface area contributed by atoms with E-state index in [1.54, 1.807) is 0 Å². The van der Waals surface area contributed by atoms with Gasteiger partial charge >= 0.3 is 6.09 Å². The van der Waals surface area contributed by atoms with Crippen LogP contribution in [-0.2, 0) is 4.74 Å². The third-order valence-corrected chi connectivity index (χ3v) is 4.05. The van der Waals surface area contributed by atoms with Gasteiger partial charge in [0.1, 0.15) is 5.60 Å². The van der Waals surface area contributed by atoms with Crippen LogP contribution in [0, 0.1) is 5.92 Å². The predicted molar refractivity (Wildman–Crippen MR) is 88.4 cm³/mol. The molecule has 0 aromatic carbocycles. The summed E-state index contributed by atoms with van der Waals surface area (Å²) in [6.45, 7) is 5.79. The lowest BCUT2D eigenvalue weighted by Gasteiger charge is -2.31. The molecule has 8 nitrogen and oxygen atoms in total. The van der Waals surface area contributed by atoms with E-state index < -0.39 is 11.7 Å². The number of rotatable bonds is 5. The van der Waals surface area contributed by atoms with Crippen molar-refractivity contribution in [1.29, 1.82) is 0 Å². The van der Waals surface area contributed by atoms with Gasteiger partial charge in [-0.1, -0.05) is 19.3 Å². The van der Waals surface area contributed by atoms with E-state index in [1.807, 2.05) is 20.8 Å². The minimum absolute atomic E-state index is 0.151. The maximum absolute atomic E-state index is 12.3. The standard InChI is InChI=1S/C16H27N5O3/c1-16(2,3)24-15(23)17-9-12(11-7-5-4-6-8-11)19-14(22)13-10-18-21-20-13/h10-12H,4-9H2,1-3H3,(H,17,23)(H,19,22)(H,18,20,21). The largest absolute Gasteiger partial charge is 0.444 e. The summed E-state index contributed by atoms with van der Waals surface area (Å²) in [5.41, 5.74) is -0.304. The van der Waals surface area contributed by atoms with Gasteiger partial charge in [-0.2, -0.15) is 15.4 Å². The Morgan fingerprint density at radius 1 is 1.33 bits per heavy atom. The smallest absolute Gasteiger partial charge is 0.407 e. The van der Waals surface area contributed by atoms with Crippen molar-refractivity contribution >= 4 is 12.0 Å². The molecule has 0 radical (unpaired) electrons. The van der Waals surface area contributed by atoms with Crippen molar-refractivity contribution in [3.63, 3.8) is 0 Å². The SMILES string of the molecule is CC(C)(C)OC(=O)NCC(NC(=O)c1cn[nH]n1)C1CCCCC1. The first-order chi connectivity index (χ1) is 11.3. The van der Waals surface area contributed by atoms with Crippen LogP contribution < -0.4 is 10.6 Å². The zero-order chi connectivity index (χ0) is 17.6. The number of hydrogen-bond acceptors (Lipinski definition) is 5. The van der Waals surface area contributed by atoms with E-state index in [4.69, 9.17) is 4.74 Å². The number of carbonyl (C=O) groups is 2. The Morgan fingerprint density at radius 2 is 2.04 bits per heavy atom. The normalized spacial score (nSPS) is 17.1. The molecule has 0 aliphatic heterocycles. The van der Waals surface area contributed by atoms with Gasteiger partial charge in [-0.05, 0) is 39.5 Å². The molecule has 8 heteroatoms. The molecule has 0 spiro atoms. The molecule has 1 aliphatic rings. The third-order valence-electron chi connectivity index (χ3n) is 4.05. The molecule has 1 aromatic rings. The van der Waals surface area contributed by atoms with Crippen molar-refractivity contribution in [1.82, 2.24) is 26.0 Å². The van der Waals surface area contributed by atoms with Crippen molar-refractivity contribution in [2.24, 2.45) is 5.92 Å². The summed E-state index contributed by atoms with van der Waals surface area (Å²) < 4.78 is 5.26. The van der Waals surface area contributed by atoms with Gasteiger partial charge in [-0.3, -0.25) is 4.79 Å². The van der Waals surface area contributed by atoms with Crippen molar-refractivity contribution in [3.05, 3.63) is 11.9 Å². The number of nitrogens with zero attached hydrogens (tertiary/aromatic N) is 2. The number of aromatic amines is 1. The lowest BCUT2D eigenvalue weighted by molar-refractivity contribution is 0.0512. The number of aromatic nitrogens is 3. The van der Waals surface area contributed by atoms with Crippen molar-refractivity contribution in [2.75, 3.05) is 6.54 Å². The Hall–Kier alpha value is -2.12. The number of amides is 2. The molecule has 2 amide bonds. The summed E-state index contributed by atoms with van der Waals surface area (Å²) in [5.74, 6) is 0.0508. The molecule has 1 heterocycles. The van der Waals surface area contributed by atoms with Crippen molar-refractivity contribution in [3.8, 4) is 0 Å². The zero-order valence-electron chi connectivity index (χ0n) is 14.6. The molecule has 134 valence electrons. The fourth-order valence-electron chi connectivity index (χ4n) is 2.93. The highest BCUT2D eigenvalue weighted by molar-refractivity contribution is 5.92. The van der Waals surface area contributed by atoms with Gasteiger partial charge in [0.2, 0.25) is 0 Å². The van der Waals surface area contributed by atoms with E-state index in [2.05, 4.69) is 26.0 Å². The number of H-pyrrole nitrogens is 1. The fraction of sp³-hybridized carbons (Fsp3) is 0.750. The summed E-state index contributed by atoms with van der Waals surface area (Å²) >= 11 is 0. The Labute approximate surface area is 142 Å². The van der Waals surface area contributed by atoms with E-state index >= 15 is 0 Å². The summed E-state index contributed by atoms with van der Waals surface area (Å²) in [6.07, 6.45) is 6.51. The zero-order valence-corrected chi connectivity index (χ0v) is 14.6. The first kappa shape index (κ1) is 18.2. The topological polar surface area (TPSA) is 109 Å². The average Bonchev–Trinajstić information content (AvgIpc) is 3.05. The van der Waals surface area contributed by atoms with E-state index in [-0.39, 0.29) is 17.6 Å². The number of carbonyl (C=O) groups excluding carboxylic acids is 2. The molecular weight excluding hydrogens is 310 g/mol. The summed E-state index contributed by atoms with van der Waals surface area (Å²) in [4.78, 5) is 24.1. The molecule has 1 saturated carbocycles. The molecule has 3 N–H and O–H groups in total. The highest BCUT2D eigenvalue weighted by atomic mass is 16.6. The Kier molecular flexibility index (Phi) is 6.16. The Morgan fingerprint density at radius 3 is 2.62 bits per heavy atom. The van der Waals surface area contributed by atoms with Crippen LogP contribution in [0.5, 0.6) is 0 Å². The molecule has 24 heavy (non-hydrogen) atoms. The van der Waals surface area contributed by atoms with Crippen LogP contribution in [0.3, 0.4) is 0 Å². The van der Waals surface area contributed by atoms with E-state index in [9.17, 15) is 9.59 Å². The average molecular weight is 337 g/mol. The van der Waals surface area contributed by atoms with Gasteiger partial charge < -0.3 is 15.4 Å². The maximum Gasteiger partial charge on any atom is 0.407 e. The Balaban J connectivity index is 1.94. The summed E-state index contributed by atoms with van der Waals surface area (Å²) in [7, 11) is 0. The first-order valence-corrected chi connectivity index (χ1v) is 8.48. The van der Waals surface area contributed by atoms with E-state index in [1.165, 1.54) is 12.6 Å². The van der Waals surface area contributed by atoms with Gasteiger partial charge in [0.25, 0.3) is 5.91 Å². The third kappa shape index (κ3) is 5.82. The molecule has 1 unspecified atom stereocenters. The maximum atomic E-state index is 12.3. The minimum atomic E-state index is -0.547. The van der Waals surface area contributed by atoms with Crippen molar-refractivity contribution < 1.29 is 14.3 Å². The van der Waals surface area contributed by atoms with Crippen LogP contribution >= 0.6 is 0 Å². The van der Waals surface area contributed by atoms with Crippen molar-refractivity contribution in [2.45, 2.75) is 64.5 Å². The van der Waals surface area contributed by atoms with Crippen LogP contribution in [0.15, 0.2) is 6.20 Å². The quantitative estimate of drug-likeness (QED) is 0.761. The molecule has 1 fully saturated rings. The summed E-state index contributed by atoms with van der Waals surface area (Å²) in [5, 5.41) is 15.6. The van der Waals surface area contributed by atoms with Crippen LogP contribution in [0.25, 0.3) is 0 Å². The highest BCUT2D eigenvalue weighted by Gasteiger charge is 2.27. The summed E-state index contributed by atoms with van der Waals surface area (Å²) in [6, 6.07) is -0.151. The molecule has 0 saturated heterocycles. The molecule has 1 aromatic heterocycles. The van der Waals surface area contributed by atoms with Crippen LogP contribution in [0.4, 0.5) is 4.79 Å². The van der Waals surface area contributed by atoms with Gasteiger partial charge in [-0.15, -0.1) is 0 Å². The van der Waals surface area contributed by atoms with Crippen LogP contribution in [0.1, 0.15) is 63.4 Å². The van der Waals surface area contributed by atoms with Crippen LogP contribution in [-0.4, -0.2) is 45.6 Å². The number of nitrogens with one attached hydrogen (secondary N) is 3. The predicted octanol–water partition coefficient (Wildman–Crippen LogP) is 2.01. The number of ether oxygens (including phenoxy) is 1. The lowest BCUT2D eigenvalue weighted by atomic mass is 9.83. The van der Waals surface area contributed by atoms with Gasteiger partial charge in [0.15, 0.2) is 5.69 Å². The lowest BCUT2D eigenvalue weighted by Crippen LogP contribution is -2.49. The number of hydrogen-bond donors (Lipinski definition) is 3. The fourth-order valence-corrected chi connectivity index (χ4v) is 2.93. The molecular formula is C16H27N5O3. The number of alkyl carbamates (subject to hydrolysis) is 1. The first-order valence-electron chi connectivity index (χ1n) is 8.48. The second-order valence-corrected chi connectivity index (χ2v) is 7.22. The second-order valence-electron chi connectivity index (χ2n) is 7.22. The molecule has 1 aliphatic carbocycles. The van der Waals surface area contributed by atoms with Crippen LogP contribution in [0.2, 0.25) is 0 Å². The van der Waals surface area contributed by atoms with Gasteiger partial charge in [0, 0.05) is 12.6 Å². The second kappa shape index (κ2) is 8.12. The van der Waals surface area contributed by atoms with E-state index in [0.717, 1.165) is 25.7 Å². The Bertz CT molecular complexity index is 532. The molecule has 2 rings (SSSR count). The molecule has 1 atom stereocenters. The van der Waals surface area contributed by atoms with Gasteiger partial charge in [0.05, 0.1) is 6.20 Å². The minimum Gasteiger partial charge on any atom is -0.444 e. The van der Waals surface area contributed by atoms with Gasteiger partial charge in [-0.25, -0.2) is 4.79 Å². The van der Waals surface area contributed by atoms with E-state index in [0.29, 0.717) is 12.5 Å². The monoisotopic (exact) mass is 337 g/mol. The highest BCUT2D eigenvalue weighted by Crippen LogP contribution is 2.26. The molecule has 0 bridgehead atoms.